The Balaban J connectivity index is 1.78. The van der Waals surface area contributed by atoms with Crippen LogP contribution in [0, 0.1) is 6.92 Å². The van der Waals surface area contributed by atoms with Crippen LogP contribution in [-0.2, 0) is 51.7 Å². The highest BCUT2D eigenvalue weighted by atomic mass is 32.2. The summed E-state index contributed by atoms with van der Waals surface area (Å²) in [6, 6.07) is 13.8. The van der Waals surface area contributed by atoms with Crippen LogP contribution in [0.1, 0.15) is 70.9 Å². The second kappa shape index (κ2) is 25.2. The number of ketones is 1. The Hall–Kier alpha value is -4.75. The maximum Gasteiger partial charge on any atom is 0.345 e. The average Bonchev–Trinajstić information content (AvgIpc) is 3.21. The van der Waals surface area contributed by atoms with E-state index >= 15 is 0 Å². The van der Waals surface area contributed by atoms with Gasteiger partial charge in [0, 0.05) is 64.0 Å². The average molecular weight is 872 g/mol. The monoisotopic (exact) mass is 871 g/mol. The molecule has 0 aliphatic heterocycles. The quantitative estimate of drug-likeness (QED) is 0.0181. The van der Waals surface area contributed by atoms with Crippen molar-refractivity contribution in [3.05, 3.63) is 70.8 Å². The number of esters is 1. The van der Waals surface area contributed by atoms with E-state index in [0.717, 1.165) is 19.3 Å². The van der Waals surface area contributed by atoms with E-state index in [1.807, 2.05) is 4.57 Å². The third-order valence-corrected chi connectivity index (χ3v) is 10.3. The zero-order valence-corrected chi connectivity index (χ0v) is 36.6. The van der Waals surface area contributed by atoms with E-state index in [4.69, 9.17) is 37.9 Å². The van der Waals surface area contributed by atoms with Gasteiger partial charge in [0.25, 0.3) is 16.0 Å². The highest BCUT2D eigenvalue weighted by molar-refractivity contribution is 7.85. The molecular weight excluding hydrogens is 813 g/mol. The number of nitrogens with one attached hydrogen (secondary N) is 1. The number of amides is 1. The van der Waals surface area contributed by atoms with Gasteiger partial charge in [-0.15, -0.1) is 0 Å². The van der Waals surface area contributed by atoms with Crippen LogP contribution in [0.25, 0.3) is 21.8 Å². The lowest BCUT2D eigenvalue weighted by atomic mass is 10.0. The smallest absolute Gasteiger partial charge is 0.345 e. The maximum atomic E-state index is 14.8. The summed E-state index contributed by atoms with van der Waals surface area (Å²) in [6.07, 6.45) is 2.88. The highest BCUT2D eigenvalue weighted by Gasteiger charge is 2.28. The zero-order valence-electron chi connectivity index (χ0n) is 35.7. The number of unbranched alkanes of at least 4 members (excludes halogenated alkanes) is 2. The van der Waals surface area contributed by atoms with Crippen molar-refractivity contribution >= 4 is 49.6 Å². The number of ether oxygens (including phenoxy) is 8. The lowest BCUT2D eigenvalue weighted by molar-refractivity contribution is -0.645. The van der Waals surface area contributed by atoms with Crippen molar-refractivity contribution < 1.29 is 69.8 Å². The summed E-state index contributed by atoms with van der Waals surface area (Å²) in [4.78, 5) is 39.3. The van der Waals surface area contributed by atoms with Crippen LogP contribution in [0.15, 0.2) is 48.5 Å². The molecule has 0 spiro atoms. The number of nitrogens with zero attached hydrogens (tertiary/aromatic N) is 1. The molecule has 1 amide bonds. The fourth-order valence-corrected chi connectivity index (χ4v) is 7.15. The van der Waals surface area contributed by atoms with Gasteiger partial charge in [0.05, 0.1) is 68.3 Å². The molecule has 0 radical (unpaired) electrons. The minimum absolute atomic E-state index is 0.0363. The molecule has 0 atom stereocenters. The molecule has 1 aromatic heterocycles. The fraction of sp³-hybridized carbons (Fsp3) is 0.500. The van der Waals surface area contributed by atoms with E-state index in [0.29, 0.717) is 89.4 Å². The fourth-order valence-electron chi connectivity index (χ4n) is 6.66. The molecule has 0 saturated heterocycles. The van der Waals surface area contributed by atoms with Gasteiger partial charge in [-0.05, 0) is 68.7 Å². The first-order valence-electron chi connectivity index (χ1n) is 20.3. The first-order valence-corrected chi connectivity index (χ1v) is 21.9. The molecule has 0 unspecified atom stereocenters. The molecule has 2 N–H and O–H groups in total. The summed E-state index contributed by atoms with van der Waals surface area (Å²) in [5.41, 5.74) is 2.68. The predicted octanol–water partition coefficient (Wildman–Crippen LogP) is 5.20. The zero-order chi connectivity index (χ0) is 44.2. The molecule has 0 fully saturated rings. The molecule has 1 heterocycles. The van der Waals surface area contributed by atoms with Crippen molar-refractivity contribution in [2.75, 3.05) is 86.5 Å². The maximum absolute atomic E-state index is 14.8. The van der Waals surface area contributed by atoms with Gasteiger partial charge < -0.3 is 48.0 Å². The van der Waals surface area contributed by atoms with Gasteiger partial charge >= 0.3 is 5.97 Å². The van der Waals surface area contributed by atoms with E-state index in [9.17, 15) is 27.4 Å². The van der Waals surface area contributed by atoms with Crippen molar-refractivity contribution in [2.24, 2.45) is 0 Å². The summed E-state index contributed by atoms with van der Waals surface area (Å²) >= 11 is 0. The highest BCUT2D eigenvalue weighted by Crippen LogP contribution is 2.34. The third kappa shape index (κ3) is 15.6. The SMILES string of the molecule is COCCOCCOc1ccc2c(c1)c(C(=O)Oc1c(C)cc(C(=O)NCCCCCC(C)=O)cc1COC)c1cc(OCCOCCOC)ccc1[n+]2CCCS(=O)(=O)O. The van der Waals surface area contributed by atoms with Gasteiger partial charge in [0.15, 0.2) is 6.54 Å². The van der Waals surface area contributed by atoms with Gasteiger partial charge in [-0.2, -0.15) is 13.0 Å². The third-order valence-electron chi connectivity index (χ3n) is 9.50. The normalized spacial score (nSPS) is 11.6. The number of carbonyl (C=O) groups is 3. The molecule has 3 aromatic carbocycles. The Morgan fingerprint density at radius 3 is 1.85 bits per heavy atom. The summed E-state index contributed by atoms with van der Waals surface area (Å²) < 4.78 is 80.0. The van der Waals surface area contributed by atoms with Crippen molar-refractivity contribution in [1.82, 2.24) is 5.32 Å². The Bertz CT molecular complexity index is 2120. The van der Waals surface area contributed by atoms with Crippen LogP contribution >= 0.6 is 0 Å². The van der Waals surface area contributed by atoms with Crippen molar-refractivity contribution in [2.45, 2.75) is 59.1 Å². The summed E-state index contributed by atoms with van der Waals surface area (Å²) in [5.74, 6) is -0.252. The van der Waals surface area contributed by atoms with Crippen LogP contribution in [0.3, 0.4) is 0 Å². The van der Waals surface area contributed by atoms with Gasteiger partial charge in [0.2, 0.25) is 11.0 Å². The molecule has 4 aromatic rings. The molecule has 16 nitrogen and oxygen atoms in total. The van der Waals surface area contributed by atoms with Crippen LogP contribution in [0.2, 0.25) is 0 Å². The molecule has 0 aliphatic carbocycles. The number of aromatic nitrogens is 1. The van der Waals surface area contributed by atoms with Crippen LogP contribution in [0.4, 0.5) is 0 Å². The van der Waals surface area contributed by atoms with Gasteiger partial charge in [0.1, 0.15) is 36.2 Å². The number of fused-ring (bicyclic) bond motifs is 2. The van der Waals surface area contributed by atoms with Crippen LogP contribution in [-0.4, -0.2) is 117 Å². The Labute approximate surface area is 357 Å². The molecule has 61 heavy (non-hydrogen) atoms. The van der Waals surface area contributed by atoms with E-state index in [1.54, 1.807) is 76.6 Å². The largest absolute Gasteiger partial charge is 0.491 e. The molecule has 0 aliphatic rings. The van der Waals surface area contributed by atoms with Crippen LogP contribution in [0.5, 0.6) is 17.2 Å². The van der Waals surface area contributed by atoms with Gasteiger partial charge in [-0.3, -0.25) is 9.35 Å². The summed E-state index contributed by atoms with van der Waals surface area (Å²) in [5, 5.41) is 3.80. The summed E-state index contributed by atoms with van der Waals surface area (Å²) in [6.45, 7) is 6.60. The number of aryl methyl sites for hydroxylation is 2. The van der Waals surface area contributed by atoms with Crippen molar-refractivity contribution in [1.29, 1.82) is 0 Å². The first-order chi connectivity index (χ1) is 29.4. The minimum Gasteiger partial charge on any atom is -0.491 e. The molecule has 0 bridgehead atoms. The molecule has 334 valence electrons. The van der Waals surface area contributed by atoms with Gasteiger partial charge in [-0.25, -0.2) is 4.79 Å². The number of hydrogen-bond acceptors (Lipinski definition) is 13. The van der Waals surface area contributed by atoms with E-state index in [1.165, 1.54) is 7.11 Å². The lowest BCUT2D eigenvalue weighted by Crippen LogP contribution is -2.37. The Morgan fingerprint density at radius 2 is 1.31 bits per heavy atom. The molecule has 17 heteroatoms. The number of carbonyl (C=O) groups excluding carboxylic acids is 3. The number of pyridine rings is 1. The predicted molar refractivity (Wildman–Crippen MR) is 227 cm³/mol. The Kier molecular flexibility index (Phi) is 20.2. The topological polar surface area (TPSA) is 195 Å². The number of rotatable bonds is 29. The standard InChI is InChI=1S/C44H58N2O14S/c1-31-26-33(43(48)45-15-8-6-7-10-32(2)47)27-34(30-55-5)42(31)60-44(49)41-37-28-35(58-23-21-56-19-17-53-3)11-13-39(37)46(16-9-25-61(50,51)52)40-14-12-36(29-38(40)41)59-24-22-57-20-18-54-4/h11-14,26-29H,6-10,15-25,30H2,1-5H3,(H-,45,48,50,51,52)/p+1. The second-order valence-corrected chi connectivity index (χ2v) is 15.9. The van der Waals surface area contributed by atoms with Crippen LogP contribution < -0.4 is 24.1 Å². The van der Waals surface area contributed by atoms with E-state index in [-0.39, 0.29) is 69.0 Å². The lowest BCUT2D eigenvalue weighted by Gasteiger charge is -2.17. The van der Waals surface area contributed by atoms with E-state index < -0.39 is 21.8 Å². The molecule has 4 rings (SSSR count). The summed E-state index contributed by atoms with van der Waals surface area (Å²) in [7, 11) is 0.420. The second-order valence-electron chi connectivity index (χ2n) is 14.3. The van der Waals surface area contributed by atoms with Gasteiger partial charge in [-0.1, -0.05) is 6.42 Å². The van der Waals surface area contributed by atoms with Crippen molar-refractivity contribution in [3.8, 4) is 17.2 Å². The Morgan fingerprint density at radius 1 is 0.721 bits per heavy atom. The number of benzene rings is 3. The number of methoxy groups -OCH3 is 3. The number of Topliss-reactive ketones (excluding diaryl/α,β-unsaturated/α-hetero) is 1. The van der Waals surface area contributed by atoms with E-state index in [2.05, 4.69) is 5.32 Å². The first kappa shape index (κ1) is 48.9. The number of hydrogen-bond donors (Lipinski definition) is 2. The minimum atomic E-state index is -4.25. The van der Waals surface area contributed by atoms with Crippen molar-refractivity contribution in [3.63, 3.8) is 0 Å². The molecule has 0 saturated carbocycles. The molecular formula is C44H59N2O14S+.